The van der Waals surface area contributed by atoms with E-state index in [2.05, 4.69) is 11.9 Å². The summed E-state index contributed by atoms with van der Waals surface area (Å²) in [5.74, 6) is 1.26. The Bertz CT molecular complexity index is 750. The van der Waals surface area contributed by atoms with Gasteiger partial charge in [-0.25, -0.2) is 0 Å². The average molecular weight is 365 g/mol. The van der Waals surface area contributed by atoms with Gasteiger partial charge in [0.2, 0.25) is 5.43 Å². The molecule has 1 N–H and O–H groups in total. The van der Waals surface area contributed by atoms with E-state index in [-0.39, 0.29) is 23.6 Å². The SMILES string of the molecule is Cc1c(O)c(=O)ccn1-c1ccc(OCC2CCN(C)CC2)cc1.Cl. The van der Waals surface area contributed by atoms with E-state index in [1.54, 1.807) is 17.7 Å². The Morgan fingerprint density at radius 3 is 2.44 bits per heavy atom. The smallest absolute Gasteiger partial charge is 0.223 e. The maximum absolute atomic E-state index is 11.4. The van der Waals surface area contributed by atoms with E-state index in [1.807, 2.05) is 24.3 Å². The number of hydrogen-bond acceptors (Lipinski definition) is 4. The van der Waals surface area contributed by atoms with Crippen LogP contribution < -0.4 is 10.2 Å². The van der Waals surface area contributed by atoms with E-state index >= 15 is 0 Å². The number of benzene rings is 1. The molecule has 136 valence electrons. The van der Waals surface area contributed by atoms with Crippen molar-refractivity contribution in [3.63, 3.8) is 0 Å². The van der Waals surface area contributed by atoms with Gasteiger partial charge in [0.25, 0.3) is 0 Å². The Hall–Kier alpha value is -1.98. The van der Waals surface area contributed by atoms with E-state index in [0.717, 1.165) is 31.1 Å². The van der Waals surface area contributed by atoms with Gasteiger partial charge in [-0.3, -0.25) is 4.79 Å². The van der Waals surface area contributed by atoms with Gasteiger partial charge in [0.15, 0.2) is 5.75 Å². The summed E-state index contributed by atoms with van der Waals surface area (Å²) in [7, 11) is 2.16. The second-order valence-electron chi connectivity index (χ2n) is 6.54. The van der Waals surface area contributed by atoms with Crippen molar-refractivity contribution in [2.75, 3.05) is 26.7 Å². The molecule has 0 aliphatic carbocycles. The van der Waals surface area contributed by atoms with Crippen molar-refractivity contribution in [3.05, 3.63) is 52.4 Å². The molecule has 0 atom stereocenters. The standard InChI is InChI=1S/C19H24N2O3.ClH/c1-14-19(23)18(22)9-12-21(14)16-3-5-17(6-4-16)24-13-15-7-10-20(2)11-8-15;/h3-6,9,12,15,23H,7-8,10-11,13H2,1-2H3;1H. The van der Waals surface area contributed by atoms with Crippen molar-refractivity contribution < 1.29 is 9.84 Å². The van der Waals surface area contributed by atoms with Crippen LogP contribution >= 0.6 is 12.4 Å². The molecule has 3 rings (SSSR count). The summed E-state index contributed by atoms with van der Waals surface area (Å²) in [4.78, 5) is 13.8. The molecule has 1 aromatic heterocycles. The van der Waals surface area contributed by atoms with Crippen molar-refractivity contribution in [2.45, 2.75) is 19.8 Å². The first-order valence-corrected chi connectivity index (χ1v) is 8.37. The Kier molecular flexibility index (Phi) is 6.51. The molecular formula is C19H25ClN2O3. The quantitative estimate of drug-likeness (QED) is 0.906. The zero-order chi connectivity index (χ0) is 17.1. The molecule has 5 nitrogen and oxygen atoms in total. The number of nitrogens with zero attached hydrogens (tertiary/aromatic N) is 2. The van der Waals surface area contributed by atoms with Gasteiger partial charge in [-0.05, 0) is 70.1 Å². The summed E-state index contributed by atoms with van der Waals surface area (Å²) < 4.78 is 7.71. The second kappa shape index (κ2) is 8.41. The number of hydrogen-bond donors (Lipinski definition) is 1. The Morgan fingerprint density at radius 2 is 1.80 bits per heavy atom. The fourth-order valence-electron chi connectivity index (χ4n) is 3.05. The van der Waals surface area contributed by atoms with Crippen molar-refractivity contribution >= 4 is 12.4 Å². The lowest BCUT2D eigenvalue weighted by atomic mass is 9.98. The molecule has 1 fully saturated rings. The zero-order valence-electron chi connectivity index (χ0n) is 14.6. The van der Waals surface area contributed by atoms with Gasteiger partial charge in [-0.2, -0.15) is 0 Å². The maximum Gasteiger partial charge on any atom is 0.223 e. The van der Waals surface area contributed by atoms with E-state index in [1.165, 1.54) is 18.9 Å². The highest BCUT2D eigenvalue weighted by Gasteiger charge is 2.17. The van der Waals surface area contributed by atoms with Gasteiger partial charge in [0.1, 0.15) is 5.75 Å². The Morgan fingerprint density at radius 1 is 1.16 bits per heavy atom. The summed E-state index contributed by atoms with van der Waals surface area (Å²) in [6.45, 7) is 4.76. The van der Waals surface area contributed by atoms with Gasteiger partial charge < -0.3 is 19.3 Å². The maximum atomic E-state index is 11.4. The van der Waals surface area contributed by atoms with Crippen LogP contribution in [0.1, 0.15) is 18.5 Å². The fourth-order valence-corrected chi connectivity index (χ4v) is 3.05. The third-order valence-corrected chi connectivity index (χ3v) is 4.75. The van der Waals surface area contributed by atoms with Crippen LogP contribution in [0.3, 0.4) is 0 Å². The van der Waals surface area contributed by atoms with Crippen molar-refractivity contribution in [1.82, 2.24) is 9.47 Å². The minimum Gasteiger partial charge on any atom is -0.503 e. The number of aromatic hydroxyl groups is 1. The fraction of sp³-hybridized carbons (Fsp3) is 0.421. The van der Waals surface area contributed by atoms with Gasteiger partial charge >= 0.3 is 0 Å². The van der Waals surface area contributed by atoms with E-state index in [0.29, 0.717) is 11.6 Å². The first kappa shape index (κ1) is 19.3. The molecule has 0 saturated carbocycles. The lowest BCUT2D eigenvalue weighted by Crippen LogP contribution is -2.32. The summed E-state index contributed by atoms with van der Waals surface area (Å²) in [6, 6.07) is 9.09. The van der Waals surface area contributed by atoms with Gasteiger partial charge in [0.05, 0.1) is 12.3 Å². The molecule has 0 bridgehead atoms. The Labute approximate surface area is 154 Å². The number of pyridine rings is 1. The summed E-state index contributed by atoms with van der Waals surface area (Å²) >= 11 is 0. The van der Waals surface area contributed by atoms with Crippen LogP contribution in [0.5, 0.6) is 11.5 Å². The monoisotopic (exact) mass is 364 g/mol. The number of halogens is 1. The third-order valence-electron chi connectivity index (χ3n) is 4.75. The highest BCUT2D eigenvalue weighted by molar-refractivity contribution is 5.85. The highest BCUT2D eigenvalue weighted by Crippen LogP contribution is 2.21. The highest BCUT2D eigenvalue weighted by atomic mass is 35.5. The van der Waals surface area contributed by atoms with Crippen molar-refractivity contribution in [1.29, 1.82) is 0 Å². The molecule has 0 amide bonds. The Balaban J connectivity index is 0.00000225. The lowest BCUT2D eigenvalue weighted by molar-refractivity contribution is 0.160. The van der Waals surface area contributed by atoms with E-state index < -0.39 is 0 Å². The molecular weight excluding hydrogens is 340 g/mol. The molecule has 2 aromatic rings. The molecule has 1 saturated heterocycles. The molecule has 25 heavy (non-hydrogen) atoms. The van der Waals surface area contributed by atoms with Gasteiger partial charge in [0, 0.05) is 18.0 Å². The van der Waals surface area contributed by atoms with Crippen molar-refractivity contribution in [2.24, 2.45) is 5.92 Å². The minimum atomic E-state index is -0.359. The first-order chi connectivity index (χ1) is 11.5. The normalized spacial score (nSPS) is 15.6. The number of rotatable bonds is 4. The predicted octanol–water partition coefficient (Wildman–Crippen LogP) is 2.99. The summed E-state index contributed by atoms with van der Waals surface area (Å²) in [5.41, 5.74) is 1.05. The van der Waals surface area contributed by atoms with Crippen LogP contribution in [-0.4, -0.2) is 41.3 Å². The number of ether oxygens (including phenoxy) is 1. The van der Waals surface area contributed by atoms with E-state index in [4.69, 9.17) is 4.74 Å². The summed E-state index contributed by atoms with van der Waals surface area (Å²) in [5, 5.41) is 9.79. The second-order valence-corrected chi connectivity index (χ2v) is 6.54. The van der Waals surface area contributed by atoms with Crippen LogP contribution in [-0.2, 0) is 0 Å². The van der Waals surface area contributed by atoms with Gasteiger partial charge in [-0.15, -0.1) is 12.4 Å². The molecule has 1 aromatic carbocycles. The van der Waals surface area contributed by atoms with Crippen LogP contribution in [0, 0.1) is 12.8 Å². The van der Waals surface area contributed by atoms with Crippen LogP contribution in [0.2, 0.25) is 0 Å². The summed E-state index contributed by atoms with van der Waals surface area (Å²) in [6.07, 6.45) is 4.04. The first-order valence-electron chi connectivity index (χ1n) is 8.37. The van der Waals surface area contributed by atoms with Gasteiger partial charge in [-0.1, -0.05) is 0 Å². The average Bonchev–Trinajstić information content (AvgIpc) is 2.60. The molecule has 2 heterocycles. The lowest BCUT2D eigenvalue weighted by Gasteiger charge is -2.28. The molecule has 0 radical (unpaired) electrons. The minimum absolute atomic E-state index is 0. The van der Waals surface area contributed by atoms with Crippen LogP contribution in [0.25, 0.3) is 5.69 Å². The molecule has 1 aliphatic rings. The third kappa shape index (κ3) is 4.55. The van der Waals surface area contributed by atoms with E-state index in [9.17, 15) is 9.90 Å². The molecule has 0 spiro atoms. The number of aromatic nitrogens is 1. The number of likely N-dealkylation sites (tertiary alicyclic amines) is 1. The van der Waals surface area contributed by atoms with Crippen molar-refractivity contribution in [3.8, 4) is 17.2 Å². The largest absolute Gasteiger partial charge is 0.503 e. The molecule has 1 aliphatic heterocycles. The number of piperidine rings is 1. The van der Waals surface area contributed by atoms with Crippen LogP contribution in [0.4, 0.5) is 0 Å². The molecule has 0 unspecified atom stereocenters. The topological polar surface area (TPSA) is 54.7 Å². The van der Waals surface area contributed by atoms with Crippen LogP contribution in [0.15, 0.2) is 41.3 Å². The molecule has 6 heteroatoms. The predicted molar refractivity (Wildman–Crippen MR) is 101 cm³/mol. The zero-order valence-corrected chi connectivity index (χ0v) is 15.5.